The molecule has 0 aliphatic heterocycles. The van der Waals surface area contributed by atoms with Gasteiger partial charge < -0.3 is 0 Å². The van der Waals surface area contributed by atoms with Crippen molar-refractivity contribution in [1.82, 2.24) is 14.1 Å². The summed E-state index contributed by atoms with van der Waals surface area (Å²) >= 11 is 6.14. The largest absolute Gasteiger partial charge is 0.292 e. The Balaban J connectivity index is 2.16. The first kappa shape index (κ1) is 16.5. The summed E-state index contributed by atoms with van der Waals surface area (Å²) in [6.07, 6.45) is 1.24. The lowest BCUT2D eigenvalue weighted by atomic mass is 10.1. The molecule has 0 aliphatic carbocycles. The summed E-state index contributed by atoms with van der Waals surface area (Å²) in [5.74, 6) is 2.42. The Morgan fingerprint density at radius 2 is 2.04 bits per heavy atom. The maximum atomic E-state index is 12.8. The summed E-state index contributed by atoms with van der Waals surface area (Å²) in [7, 11) is 0. The van der Waals surface area contributed by atoms with Crippen molar-refractivity contribution < 1.29 is 4.79 Å². The van der Waals surface area contributed by atoms with Crippen LogP contribution < -0.4 is 5.56 Å². The fourth-order valence-corrected chi connectivity index (χ4v) is 2.73. The van der Waals surface area contributed by atoms with Crippen LogP contribution >= 0.6 is 11.6 Å². The van der Waals surface area contributed by atoms with Crippen molar-refractivity contribution >= 4 is 28.4 Å². The van der Waals surface area contributed by atoms with Crippen molar-refractivity contribution in [3.63, 3.8) is 0 Å². The highest BCUT2D eigenvalue weighted by molar-refractivity contribution is 6.32. The number of fused-ring (bicyclic) bond motifs is 1. The molecule has 2 aromatic heterocycles. The zero-order valence-electron chi connectivity index (χ0n) is 13.2. The van der Waals surface area contributed by atoms with Crippen molar-refractivity contribution in [3.05, 3.63) is 63.3 Å². The molecule has 0 atom stereocenters. The number of carbonyl (C=O) groups excluding carboxylic acids is 1. The number of Topliss-reactive ketones (excluding diaryl/α,β-unsaturated/α-hetero) is 1. The van der Waals surface area contributed by atoms with Gasteiger partial charge in [0, 0.05) is 11.6 Å². The number of hydrogen-bond acceptors (Lipinski definition) is 4. The average molecular weight is 351 g/mol. The van der Waals surface area contributed by atoms with Crippen LogP contribution in [0.5, 0.6) is 0 Å². The van der Waals surface area contributed by atoms with Gasteiger partial charge >= 0.3 is 0 Å². The van der Waals surface area contributed by atoms with Gasteiger partial charge in [0.2, 0.25) is 0 Å². The molecule has 0 fully saturated rings. The third-order valence-corrected chi connectivity index (χ3v) is 3.98. The molecule has 0 saturated heterocycles. The van der Waals surface area contributed by atoms with Crippen molar-refractivity contribution in [2.45, 2.75) is 13.5 Å². The lowest BCUT2D eigenvalue weighted by molar-refractivity contribution is 0.0970. The second-order valence-corrected chi connectivity index (χ2v) is 5.50. The van der Waals surface area contributed by atoms with Gasteiger partial charge in [-0.25, -0.2) is 9.55 Å². The number of ketones is 1. The van der Waals surface area contributed by atoms with Crippen molar-refractivity contribution in [3.8, 4) is 18.0 Å². The summed E-state index contributed by atoms with van der Waals surface area (Å²) in [5, 5.41) is 9.28. The fourth-order valence-electron chi connectivity index (χ4n) is 2.47. The van der Waals surface area contributed by atoms with Crippen LogP contribution in [-0.4, -0.2) is 19.9 Å². The van der Waals surface area contributed by atoms with E-state index >= 15 is 0 Å². The summed E-state index contributed by atoms with van der Waals surface area (Å²) < 4.78 is 2.41. The first-order valence-electron chi connectivity index (χ1n) is 7.29. The van der Waals surface area contributed by atoms with E-state index < -0.39 is 5.56 Å². The van der Waals surface area contributed by atoms with E-state index in [9.17, 15) is 14.9 Å². The van der Waals surface area contributed by atoms with E-state index in [0.29, 0.717) is 5.56 Å². The van der Waals surface area contributed by atoms with E-state index in [4.69, 9.17) is 11.6 Å². The van der Waals surface area contributed by atoms with E-state index in [-0.39, 0.29) is 34.1 Å². The highest BCUT2D eigenvalue weighted by Crippen LogP contribution is 2.25. The van der Waals surface area contributed by atoms with Gasteiger partial charge in [-0.1, -0.05) is 47.9 Å². The Morgan fingerprint density at radius 3 is 2.68 bits per heavy atom. The molecule has 0 radical (unpaired) electrons. The molecule has 6 nitrogen and oxygen atoms in total. The number of nitriles is 1. The third-order valence-electron chi connectivity index (χ3n) is 3.62. The summed E-state index contributed by atoms with van der Waals surface area (Å²) in [6, 6.07) is 13.3. The molecule has 7 heteroatoms. The topological polar surface area (TPSA) is 80.7 Å². The fraction of sp³-hybridized carbons (Fsp3) is 0.111. The van der Waals surface area contributed by atoms with Crippen molar-refractivity contribution in [2.75, 3.05) is 0 Å². The number of benzene rings is 1. The summed E-state index contributed by atoms with van der Waals surface area (Å²) in [6.45, 7) is 1.41. The third kappa shape index (κ3) is 2.80. The van der Waals surface area contributed by atoms with E-state index in [1.54, 1.807) is 37.3 Å². The lowest BCUT2D eigenvalue weighted by Crippen LogP contribution is -2.25. The zero-order chi connectivity index (χ0) is 18.0. The Bertz CT molecular complexity index is 1140. The molecule has 0 saturated carbocycles. The average Bonchev–Trinajstić information content (AvgIpc) is 2.90. The highest BCUT2D eigenvalue weighted by atomic mass is 35.5. The van der Waals surface area contributed by atoms with Crippen LogP contribution in [-0.2, 0) is 6.54 Å². The molecule has 0 spiro atoms. The predicted molar refractivity (Wildman–Crippen MR) is 93.3 cm³/mol. The molecular formula is C18H11ClN4O2. The lowest BCUT2D eigenvalue weighted by Gasteiger charge is -2.05. The molecule has 25 heavy (non-hydrogen) atoms. The Kier molecular flexibility index (Phi) is 4.38. The normalized spacial score (nSPS) is 10.1. The Labute approximate surface area is 147 Å². The van der Waals surface area contributed by atoms with E-state index in [1.165, 1.54) is 15.5 Å². The molecule has 1 aromatic carbocycles. The van der Waals surface area contributed by atoms with Crippen LogP contribution in [0, 0.1) is 23.3 Å². The molecule has 0 aliphatic rings. The number of aromatic nitrogens is 3. The number of nitrogens with zero attached hydrogens (tertiary/aromatic N) is 4. The van der Waals surface area contributed by atoms with Crippen LogP contribution in [0.25, 0.3) is 11.0 Å². The molecule has 122 valence electrons. The van der Waals surface area contributed by atoms with Crippen LogP contribution in [0.1, 0.15) is 22.8 Å². The minimum Gasteiger partial charge on any atom is -0.292 e. The Hall–Kier alpha value is -3.35. The second kappa shape index (κ2) is 6.64. The Morgan fingerprint density at radius 1 is 1.32 bits per heavy atom. The minimum absolute atomic E-state index is 0.0311. The van der Waals surface area contributed by atoms with Gasteiger partial charge in [0.25, 0.3) is 5.56 Å². The number of halogens is 1. The summed E-state index contributed by atoms with van der Waals surface area (Å²) in [4.78, 5) is 29.3. The van der Waals surface area contributed by atoms with Crippen LogP contribution in [0.4, 0.5) is 0 Å². The predicted octanol–water partition coefficient (Wildman–Crippen LogP) is 2.43. The van der Waals surface area contributed by atoms with Gasteiger partial charge in [0.15, 0.2) is 5.78 Å². The van der Waals surface area contributed by atoms with Crippen molar-refractivity contribution in [2.24, 2.45) is 0 Å². The van der Waals surface area contributed by atoms with E-state index in [2.05, 4.69) is 16.9 Å². The number of hydrogen-bond donors (Lipinski definition) is 0. The van der Waals surface area contributed by atoms with Crippen LogP contribution in [0.2, 0.25) is 5.15 Å². The molecule has 2 heterocycles. The summed E-state index contributed by atoms with van der Waals surface area (Å²) in [5.41, 5.74) is 0.343. The number of rotatable bonds is 3. The quantitative estimate of drug-likeness (QED) is 0.536. The highest BCUT2D eigenvalue weighted by Gasteiger charge is 2.20. The van der Waals surface area contributed by atoms with Gasteiger partial charge in [-0.3, -0.25) is 14.2 Å². The molecule has 0 amide bonds. The molecule has 3 aromatic rings. The number of carbonyl (C=O) groups is 1. The van der Waals surface area contributed by atoms with E-state index in [0.717, 1.165) is 0 Å². The molecule has 0 N–H and O–H groups in total. The maximum Gasteiger partial charge on any atom is 0.279 e. The van der Waals surface area contributed by atoms with Crippen LogP contribution in [0.15, 0.2) is 41.5 Å². The van der Waals surface area contributed by atoms with E-state index in [1.807, 2.05) is 6.07 Å². The van der Waals surface area contributed by atoms with Crippen molar-refractivity contribution in [1.29, 1.82) is 5.26 Å². The monoisotopic (exact) mass is 350 g/mol. The molecule has 3 rings (SSSR count). The SMILES string of the molecule is CC#Cn1c(Cl)c(C#N)c2ncn(CC(=O)c3ccccc3)c(=O)c21. The first-order chi connectivity index (χ1) is 12.1. The zero-order valence-corrected chi connectivity index (χ0v) is 13.9. The van der Waals surface area contributed by atoms with Crippen LogP contribution in [0.3, 0.4) is 0 Å². The van der Waals surface area contributed by atoms with Gasteiger partial charge in [0.1, 0.15) is 27.8 Å². The van der Waals surface area contributed by atoms with Gasteiger partial charge in [-0.05, 0) is 6.92 Å². The standard InChI is InChI=1S/C18H11ClN4O2/c1-2-8-23-16-15(13(9-20)17(23)19)21-11-22(18(16)25)10-14(24)12-6-4-3-5-7-12/h3-7,11H,10H2,1H3. The minimum atomic E-state index is -0.486. The maximum absolute atomic E-state index is 12.8. The van der Waals surface area contributed by atoms with Gasteiger partial charge in [0.05, 0.1) is 12.9 Å². The van der Waals surface area contributed by atoms with Gasteiger partial charge in [-0.2, -0.15) is 5.26 Å². The molecule has 0 unspecified atom stereocenters. The van der Waals surface area contributed by atoms with Gasteiger partial charge in [-0.15, -0.1) is 0 Å². The molecule has 0 bridgehead atoms. The molecular weight excluding hydrogens is 340 g/mol. The smallest absolute Gasteiger partial charge is 0.279 e. The second-order valence-electron chi connectivity index (χ2n) is 5.14. The first-order valence-corrected chi connectivity index (χ1v) is 7.66.